The monoisotopic (exact) mass is 292 g/mol. The molecule has 2 N–H and O–H groups in total. The minimum Gasteiger partial charge on any atom is -0.306 e. The van der Waals surface area contributed by atoms with Crippen molar-refractivity contribution in [3.8, 4) is 0 Å². The van der Waals surface area contributed by atoms with Gasteiger partial charge in [-0.3, -0.25) is 9.82 Å². The third-order valence-electron chi connectivity index (χ3n) is 2.14. The first-order valence-corrected chi connectivity index (χ1v) is 7.51. The Morgan fingerprint density at radius 2 is 2.31 bits per heavy atom. The van der Waals surface area contributed by atoms with Gasteiger partial charge >= 0.3 is 7.67 Å². The van der Waals surface area contributed by atoms with Crippen molar-refractivity contribution in [3.63, 3.8) is 0 Å². The molecule has 0 aromatic carbocycles. The van der Waals surface area contributed by atoms with Crippen molar-refractivity contribution in [3.05, 3.63) is 0 Å². The number of nitrogens with zero attached hydrogens (tertiary/aromatic N) is 1. The molecule has 2 atom stereocenters. The molecule has 1 heterocycles. The molecule has 0 aliphatic carbocycles. The zero-order chi connectivity index (χ0) is 12.0. The van der Waals surface area contributed by atoms with E-state index >= 15 is 0 Å². The van der Waals surface area contributed by atoms with Crippen LogP contribution in [0.3, 0.4) is 0 Å². The summed E-state index contributed by atoms with van der Waals surface area (Å²) in [6, 6.07) is 0. The maximum atomic E-state index is 12.4. The Labute approximate surface area is 104 Å². The van der Waals surface area contributed by atoms with Crippen molar-refractivity contribution in [2.24, 2.45) is 0 Å². The first-order chi connectivity index (χ1) is 7.68. The molecule has 1 aliphatic heterocycles. The summed E-state index contributed by atoms with van der Waals surface area (Å²) in [7, 11) is -3.20. The van der Waals surface area contributed by atoms with E-state index in [1.807, 2.05) is 0 Å². The minimum atomic E-state index is -3.20. The van der Waals surface area contributed by atoms with E-state index in [0.29, 0.717) is 25.4 Å². The molecule has 6 nitrogen and oxygen atoms in total. The highest BCUT2D eigenvalue weighted by atomic mass is 35.5. The highest BCUT2D eigenvalue weighted by Gasteiger charge is 2.41. The molecule has 0 aromatic rings. The molecule has 96 valence electrons. The molecule has 0 amide bonds. The quantitative estimate of drug-likeness (QED) is 0.336. The molecular weight excluding hydrogens is 278 g/mol. The summed E-state index contributed by atoms with van der Waals surface area (Å²) in [4.78, 5) is 4.27. The van der Waals surface area contributed by atoms with Crippen LogP contribution in [0.4, 0.5) is 0 Å². The molecule has 1 aliphatic rings. The van der Waals surface area contributed by atoms with Gasteiger partial charge in [0.2, 0.25) is 0 Å². The van der Waals surface area contributed by atoms with Gasteiger partial charge in [0.25, 0.3) is 0 Å². The summed E-state index contributed by atoms with van der Waals surface area (Å²) in [5.74, 6) is 0.572. The Hall–Kier alpha value is 0.610. The number of hydrogen-bond donors (Lipinski definition) is 2. The lowest BCUT2D eigenvalue weighted by Crippen LogP contribution is -2.44. The first kappa shape index (κ1) is 14.7. The summed E-state index contributed by atoms with van der Waals surface area (Å²) in [6.07, 6.45) is -0.235. The molecule has 0 radical (unpaired) electrons. The number of nitrogens with one attached hydrogen (secondary N) is 1. The van der Waals surface area contributed by atoms with Crippen LogP contribution in [0.1, 0.15) is 6.42 Å². The highest BCUT2D eigenvalue weighted by molar-refractivity contribution is 7.54. The first-order valence-electron chi connectivity index (χ1n) is 4.87. The average molecular weight is 293 g/mol. The SMILES string of the molecule is O=[P@]1(NCCCl)OCC[C@@H](OO)N1CCCl. The molecule has 16 heavy (non-hydrogen) atoms. The predicted octanol–water partition coefficient (Wildman–Crippen LogP) is 1.70. The van der Waals surface area contributed by atoms with Gasteiger partial charge in [-0.15, -0.1) is 23.2 Å². The standard InChI is InChI=1S/C7H15Cl2N2O4P/c8-2-4-10-16(13)11(5-3-9)7(15-12)1-6-14-16/h7,12H,1-6H2,(H,10,13)/t7-,16-/m1/s1. The van der Waals surface area contributed by atoms with Crippen molar-refractivity contribution in [2.75, 3.05) is 31.5 Å². The fraction of sp³-hybridized carbons (Fsp3) is 1.00. The second-order valence-corrected chi connectivity index (χ2v) is 6.04. The van der Waals surface area contributed by atoms with E-state index in [2.05, 4.69) is 9.97 Å². The van der Waals surface area contributed by atoms with Crippen LogP contribution in [-0.2, 0) is 14.0 Å². The Balaban J connectivity index is 2.73. The predicted molar refractivity (Wildman–Crippen MR) is 61.8 cm³/mol. The number of hydrogen-bond acceptors (Lipinski definition) is 4. The van der Waals surface area contributed by atoms with Crippen LogP contribution in [0, 0.1) is 0 Å². The third-order valence-corrected chi connectivity index (χ3v) is 4.79. The van der Waals surface area contributed by atoms with Gasteiger partial charge < -0.3 is 4.52 Å². The van der Waals surface area contributed by atoms with Gasteiger partial charge in [-0.05, 0) is 0 Å². The second kappa shape index (κ2) is 7.13. The molecule has 0 aromatic heterocycles. The van der Waals surface area contributed by atoms with Crippen LogP contribution in [0.25, 0.3) is 0 Å². The summed E-state index contributed by atoms with van der Waals surface area (Å²) < 4.78 is 19.0. The zero-order valence-electron chi connectivity index (χ0n) is 8.64. The summed E-state index contributed by atoms with van der Waals surface area (Å²) >= 11 is 11.1. The van der Waals surface area contributed by atoms with Gasteiger partial charge in [0, 0.05) is 31.3 Å². The van der Waals surface area contributed by atoms with Crippen LogP contribution in [0.5, 0.6) is 0 Å². The van der Waals surface area contributed by atoms with Crippen molar-refractivity contribution < 1.29 is 19.2 Å². The molecule has 0 spiro atoms. The van der Waals surface area contributed by atoms with Gasteiger partial charge in [0.05, 0.1) is 6.61 Å². The number of halogens is 2. The molecule has 0 bridgehead atoms. The second-order valence-electron chi connectivity index (χ2n) is 3.15. The highest BCUT2D eigenvalue weighted by Crippen LogP contribution is 2.51. The van der Waals surface area contributed by atoms with E-state index in [1.54, 1.807) is 0 Å². The smallest absolute Gasteiger partial charge is 0.306 e. The average Bonchev–Trinajstić information content (AvgIpc) is 2.30. The van der Waals surface area contributed by atoms with Crippen LogP contribution in [0.2, 0.25) is 0 Å². The van der Waals surface area contributed by atoms with Crippen molar-refractivity contribution in [1.82, 2.24) is 9.76 Å². The van der Waals surface area contributed by atoms with Crippen LogP contribution >= 0.6 is 30.9 Å². The van der Waals surface area contributed by atoms with E-state index in [4.69, 9.17) is 33.0 Å². The summed E-state index contributed by atoms with van der Waals surface area (Å²) in [5, 5.41) is 11.5. The van der Waals surface area contributed by atoms with Crippen LogP contribution in [0.15, 0.2) is 0 Å². The maximum absolute atomic E-state index is 12.4. The lowest BCUT2D eigenvalue weighted by molar-refractivity contribution is -0.308. The summed E-state index contributed by atoms with van der Waals surface area (Å²) in [5.41, 5.74) is 0. The van der Waals surface area contributed by atoms with E-state index in [-0.39, 0.29) is 12.5 Å². The van der Waals surface area contributed by atoms with Gasteiger partial charge in [-0.2, -0.15) is 4.67 Å². The Kier molecular flexibility index (Phi) is 6.54. The van der Waals surface area contributed by atoms with Gasteiger partial charge in [0.15, 0.2) is 6.23 Å². The van der Waals surface area contributed by atoms with Crippen molar-refractivity contribution >= 4 is 30.9 Å². The topological polar surface area (TPSA) is 71.0 Å². The molecule has 0 unspecified atom stereocenters. The molecule has 9 heteroatoms. The molecule has 1 rings (SSSR count). The van der Waals surface area contributed by atoms with Gasteiger partial charge in [0.1, 0.15) is 0 Å². The Morgan fingerprint density at radius 3 is 2.88 bits per heavy atom. The normalized spacial score (nSPS) is 31.8. The zero-order valence-corrected chi connectivity index (χ0v) is 11.0. The largest absolute Gasteiger partial charge is 0.345 e. The van der Waals surface area contributed by atoms with Crippen molar-refractivity contribution in [1.29, 1.82) is 0 Å². The molecule has 1 fully saturated rings. The van der Waals surface area contributed by atoms with E-state index in [0.717, 1.165) is 0 Å². The third kappa shape index (κ3) is 3.55. The van der Waals surface area contributed by atoms with Crippen LogP contribution in [-0.4, -0.2) is 47.6 Å². The van der Waals surface area contributed by atoms with E-state index in [9.17, 15) is 4.57 Å². The van der Waals surface area contributed by atoms with Crippen molar-refractivity contribution in [2.45, 2.75) is 12.6 Å². The number of rotatable bonds is 6. The molecule has 1 saturated heterocycles. The van der Waals surface area contributed by atoms with E-state index < -0.39 is 13.9 Å². The Morgan fingerprint density at radius 1 is 1.56 bits per heavy atom. The van der Waals surface area contributed by atoms with E-state index in [1.165, 1.54) is 4.67 Å². The minimum absolute atomic E-state index is 0.247. The lowest BCUT2D eigenvalue weighted by Gasteiger charge is -2.38. The molecule has 0 saturated carbocycles. The number of alkyl halides is 2. The van der Waals surface area contributed by atoms with Gasteiger partial charge in [-0.1, -0.05) is 0 Å². The maximum Gasteiger partial charge on any atom is 0.345 e. The lowest BCUT2D eigenvalue weighted by atomic mass is 10.4. The van der Waals surface area contributed by atoms with Gasteiger partial charge in [-0.25, -0.2) is 9.97 Å². The fourth-order valence-electron chi connectivity index (χ4n) is 1.46. The molecular formula is C7H15Cl2N2O4P. The fourth-order valence-corrected chi connectivity index (χ4v) is 4.01. The Bertz CT molecular complexity index is 259. The van der Waals surface area contributed by atoms with Crippen LogP contribution < -0.4 is 5.09 Å². The summed E-state index contributed by atoms with van der Waals surface area (Å²) in [6.45, 7) is 0.881.